The monoisotopic (exact) mass is 418 g/mol. The number of ether oxygens (including phenoxy) is 2. The molecule has 0 saturated carbocycles. The van der Waals surface area contributed by atoms with E-state index in [4.69, 9.17) is 16.3 Å². The number of rotatable bonds is 9. The summed E-state index contributed by atoms with van der Waals surface area (Å²) >= 11 is 5.90. The van der Waals surface area contributed by atoms with Crippen molar-refractivity contribution in [2.24, 2.45) is 0 Å². The van der Waals surface area contributed by atoms with Gasteiger partial charge in [0.05, 0.1) is 13.0 Å². The predicted molar refractivity (Wildman–Crippen MR) is 109 cm³/mol. The third-order valence-corrected chi connectivity index (χ3v) is 4.03. The summed E-state index contributed by atoms with van der Waals surface area (Å²) in [6, 6.07) is 13.3. The first kappa shape index (κ1) is 22.2. The number of benzene rings is 2. The lowest BCUT2D eigenvalue weighted by atomic mass is 10.1. The average molecular weight is 419 g/mol. The number of hydrogen-bond acceptors (Lipinski definition) is 5. The molecule has 0 fully saturated rings. The van der Waals surface area contributed by atoms with Crippen molar-refractivity contribution < 1.29 is 23.9 Å². The van der Waals surface area contributed by atoms with Crippen LogP contribution in [0.2, 0.25) is 5.02 Å². The number of hydrogen-bond donors (Lipinski definition) is 2. The molecule has 2 N–H and O–H groups in total. The summed E-state index contributed by atoms with van der Waals surface area (Å²) in [6.07, 6.45) is 0.0617. The van der Waals surface area contributed by atoms with Gasteiger partial charge in [-0.05, 0) is 55.3 Å². The molecule has 0 atom stereocenters. The van der Waals surface area contributed by atoms with Crippen LogP contribution in [-0.4, -0.2) is 37.7 Å². The van der Waals surface area contributed by atoms with E-state index in [9.17, 15) is 14.4 Å². The van der Waals surface area contributed by atoms with Crippen molar-refractivity contribution in [1.82, 2.24) is 10.6 Å². The van der Waals surface area contributed by atoms with Gasteiger partial charge in [0.1, 0.15) is 5.75 Å². The topological polar surface area (TPSA) is 93.7 Å². The summed E-state index contributed by atoms with van der Waals surface area (Å²) in [6.45, 7) is 2.77. The summed E-state index contributed by atoms with van der Waals surface area (Å²) in [5.41, 5.74) is 1.28. The minimum Gasteiger partial charge on any atom is -0.434 e. The van der Waals surface area contributed by atoms with Crippen LogP contribution in [0.1, 0.15) is 29.3 Å². The number of carbonyl (C=O) groups is 3. The van der Waals surface area contributed by atoms with Gasteiger partial charge in [0.15, 0.2) is 0 Å². The molecule has 0 spiro atoms. The van der Waals surface area contributed by atoms with Crippen LogP contribution in [0.3, 0.4) is 0 Å². The molecular weight excluding hydrogens is 396 g/mol. The van der Waals surface area contributed by atoms with Gasteiger partial charge in [-0.3, -0.25) is 9.59 Å². The van der Waals surface area contributed by atoms with Crippen LogP contribution in [0.4, 0.5) is 4.79 Å². The average Bonchev–Trinajstić information content (AvgIpc) is 2.68. The van der Waals surface area contributed by atoms with Crippen molar-refractivity contribution in [2.45, 2.75) is 19.8 Å². The lowest BCUT2D eigenvalue weighted by Crippen LogP contribution is -2.30. The highest BCUT2D eigenvalue weighted by atomic mass is 35.5. The van der Waals surface area contributed by atoms with E-state index in [1.54, 1.807) is 37.3 Å². The highest BCUT2D eigenvalue weighted by Crippen LogP contribution is 2.13. The van der Waals surface area contributed by atoms with Gasteiger partial charge in [0, 0.05) is 23.7 Å². The van der Waals surface area contributed by atoms with E-state index in [2.05, 4.69) is 15.4 Å². The molecule has 0 bridgehead atoms. The first-order chi connectivity index (χ1) is 14.0. The smallest absolute Gasteiger partial charge is 0.434 e. The van der Waals surface area contributed by atoms with Crippen LogP contribution in [0.25, 0.3) is 0 Å². The summed E-state index contributed by atoms with van der Waals surface area (Å²) in [4.78, 5) is 35.3. The van der Waals surface area contributed by atoms with Gasteiger partial charge in [-0.15, -0.1) is 0 Å². The Kier molecular flexibility index (Phi) is 8.98. The number of carbonyl (C=O) groups excluding carboxylic acids is 3. The Balaban J connectivity index is 1.65. The van der Waals surface area contributed by atoms with Gasteiger partial charge >= 0.3 is 6.16 Å². The molecule has 2 aromatic rings. The maximum atomic E-state index is 12.1. The molecule has 0 heterocycles. The molecule has 7 nitrogen and oxygen atoms in total. The zero-order valence-electron chi connectivity index (χ0n) is 16.1. The maximum absolute atomic E-state index is 12.1. The van der Waals surface area contributed by atoms with Crippen molar-refractivity contribution in [2.75, 3.05) is 19.7 Å². The molecule has 8 heteroatoms. The first-order valence-corrected chi connectivity index (χ1v) is 9.59. The van der Waals surface area contributed by atoms with Gasteiger partial charge in [-0.2, -0.15) is 0 Å². The minimum absolute atomic E-state index is 0.101. The summed E-state index contributed by atoms with van der Waals surface area (Å²) in [5, 5.41) is 6.17. The van der Waals surface area contributed by atoms with E-state index in [-0.39, 0.29) is 24.8 Å². The minimum atomic E-state index is -0.790. The van der Waals surface area contributed by atoms with Crippen LogP contribution in [0.15, 0.2) is 48.5 Å². The molecule has 0 aromatic heterocycles. The number of nitrogens with one attached hydrogen (secondary N) is 2. The molecule has 0 aliphatic heterocycles. The Morgan fingerprint density at radius 2 is 1.72 bits per heavy atom. The lowest BCUT2D eigenvalue weighted by Gasteiger charge is -2.08. The largest absolute Gasteiger partial charge is 0.513 e. The fraction of sp³-hybridized carbons (Fsp3) is 0.286. The Labute approximate surface area is 174 Å². The number of halogens is 1. The van der Waals surface area contributed by atoms with E-state index < -0.39 is 6.16 Å². The Morgan fingerprint density at radius 1 is 1.00 bits per heavy atom. The zero-order chi connectivity index (χ0) is 21.1. The summed E-state index contributed by atoms with van der Waals surface area (Å²) in [7, 11) is 0. The molecular formula is C21H23ClN2O5. The molecule has 0 unspecified atom stereocenters. The van der Waals surface area contributed by atoms with Crippen molar-refractivity contribution in [1.29, 1.82) is 0 Å². The number of amides is 2. The highest BCUT2D eigenvalue weighted by molar-refractivity contribution is 6.30. The lowest BCUT2D eigenvalue weighted by molar-refractivity contribution is -0.120. The van der Waals surface area contributed by atoms with E-state index >= 15 is 0 Å². The van der Waals surface area contributed by atoms with E-state index in [1.165, 1.54) is 12.1 Å². The van der Waals surface area contributed by atoms with Crippen molar-refractivity contribution in [3.05, 3.63) is 64.7 Å². The van der Waals surface area contributed by atoms with Crippen molar-refractivity contribution >= 4 is 29.6 Å². The molecule has 0 radical (unpaired) electrons. The van der Waals surface area contributed by atoms with Crippen LogP contribution in [0.5, 0.6) is 5.75 Å². The summed E-state index contributed by atoms with van der Waals surface area (Å²) < 4.78 is 9.61. The Hall–Kier alpha value is -3.06. The van der Waals surface area contributed by atoms with Gasteiger partial charge in [0.2, 0.25) is 5.91 Å². The van der Waals surface area contributed by atoms with E-state index in [0.29, 0.717) is 35.8 Å². The second kappa shape index (κ2) is 11.7. The molecule has 2 amide bonds. The zero-order valence-corrected chi connectivity index (χ0v) is 16.8. The second-order valence-electron chi connectivity index (χ2n) is 6.08. The quantitative estimate of drug-likeness (QED) is 0.370. The highest BCUT2D eigenvalue weighted by Gasteiger charge is 2.08. The van der Waals surface area contributed by atoms with Gasteiger partial charge in [0.25, 0.3) is 5.91 Å². The van der Waals surface area contributed by atoms with Crippen LogP contribution < -0.4 is 15.4 Å². The normalized spacial score (nSPS) is 10.1. The molecule has 2 aromatic carbocycles. The molecule has 0 aliphatic carbocycles. The van der Waals surface area contributed by atoms with Crippen LogP contribution >= 0.6 is 11.6 Å². The van der Waals surface area contributed by atoms with Gasteiger partial charge in [-0.25, -0.2) is 4.79 Å². The van der Waals surface area contributed by atoms with Crippen LogP contribution in [-0.2, 0) is 16.0 Å². The van der Waals surface area contributed by atoms with E-state index in [1.807, 2.05) is 6.07 Å². The fourth-order valence-corrected chi connectivity index (χ4v) is 2.65. The van der Waals surface area contributed by atoms with Crippen molar-refractivity contribution in [3.8, 4) is 5.75 Å². The molecule has 0 saturated heterocycles. The molecule has 0 aliphatic rings. The molecule has 154 valence electrons. The SMILES string of the molecule is CCOC(=O)Oc1ccc(C(=O)NCCCNC(=O)Cc2cccc(Cl)c2)cc1. The van der Waals surface area contributed by atoms with Gasteiger partial charge < -0.3 is 20.1 Å². The Morgan fingerprint density at radius 3 is 2.41 bits per heavy atom. The van der Waals surface area contributed by atoms with Crippen LogP contribution in [0, 0.1) is 0 Å². The maximum Gasteiger partial charge on any atom is 0.513 e. The summed E-state index contributed by atoms with van der Waals surface area (Å²) in [5.74, 6) is -0.0591. The fourth-order valence-electron chi connectivity index (χ4n) is 2.43. The third-order valence-electron chi connectivity index (χ3n) is 3.79. The third kappa shape index (κ3) is 8.23. The standard InChI is InChI=1S/C21H23ClN2O5/c1-2-28-21(27)29-18-9-7-16(8-10-18)20(26)24-12-4-11-23-19(25)14-15-5-3-6-17(22)13-15/h3,5-10,13H,2,4,11-12,14H2,1H3,(H,23,25)(H,24,26). The van der Waals surface area contributed by atoms with E-state index in [0.717, 1.165) is 5.56 Å². The Bertz CT molecular complexity index is 839. The molecule has 2 rings (SSSR count). The first-order valence-electron chi connectivity index (χ1n) is 9.22. The predicted octanol–water partition coefficient (Wildman–Crippen LogP) is 3.35. The van der Waals surface area contributed by atoms with Gasteiger partial charge in [-0.1, -0.05) is 23.7 Å². The molecule has 29 heavy (non-hydrogen) atoms. The second-order valence-corrected chi connectivity index (χ2v) is 6.51. The van der Waals surface area contributed by atoms with Crippen molar-refractivity contribution in [3.63, 3.8) is 0 Å².